The Bertz CT molecular complexity index is 814. The molecule has 2 heterocycles. The third-order valence-corrected chi connectivity index (χ3v) is 4.59. The number of amides is 2. The minimum atomic E-state index is -0.319. The van der Waals surface area contributed by atoms with Gasteiger partial charge < -0.3 is 20.2 Å². The standard InChI is InChI=1S/C17H19N3O3S/c1-2-16-19-13-10-11(5-6-14(13)23-16)18-17(22)20-12(7-8-21)15-4-3-9-24-15/h3-6,9-10,12,21H,2,7-8H2,1H3,(H2,18,20,22)/t12-/m1/s1. The number of hydrogen-bond acceptors (Lipinski definition) is 5. The molecule has 2 aromatic heterocycles. The van der Waals surface area contributed by atoms with E-state index in [9.17, 15) is 9.90 Å². The predicted octanol–water partition coefficient (Wildman–Crippen LogP) is 3.70. The van der Waals surface area contributed by atoms with Gasteiger partial charge in [-0.05, 0) is 36.1 Å². The summed E-state index contributed by atoms with van der Waals surface area (Å²) in [5.74, 6) is 0.673. The minimum Gasteiger partial charge on any atom is -0.441 e. The number of nitrogens with one attached hydrogen (secondary N) is 2. The summed E-state index contributed by atoms with van der Waals surface area (Å²) in [5, 5.41) is 16.8. The highest BCUT2D eigenvalue weighted by Gasteiger charge is 2.15. The number of aliphatic hydroxyl groups is 1. The zero-order valence-electron chi connectivity index (χ0n) is 13.3. The van der Waals surface area contributed by atoms with Crippen LogP contribution in [0, 0.1) is 0 Å². The van der Waals surface area contributed by atoms with Crippen molar-refractivity contribution in [3.05, 3.63) is 46.5 Å². The van der Waals surface area contributed by atoms with Gasteiger partial charge in [0.15, 0.2) is 11.5 Å². The average Bonchev–Trinajstić information content (AvgIpc) is 3.23. The van der Waals surface area contributed by atoms with E-state index in [1.165, 1.54) is 0 Å². The first-order chi connectivity index (χ1) is 11.7. The van der Waals surface area contributed by atoms with Gasteiger partial charge in [0, 0.05) is 23.6 Å². The van der Waals surface area contributed by atoms with Crippen LogP contribution in [0.5, 0.6) is 0 Å². The number of aromatic nitrogens is 1. The van der Waals surface area contributed by atoms with Crippen molar-refractivity contribution in [2.75, 3.05) is 11.9 Å². The Kier molecular flexibility index (Phi) is 5.12. The number of anilines is 1. The van der Waals surface area contributed by atoms with E-state index in [0.29, 0.717) is 23.6 Å². The van der Waals surface area contributed by atoms with E-state index in [4.69, 9.17) is 4.42 Å². The SMILES string of the molecule is CCc1nc2cc(NC(=O)N[C@H](CCO)c3cccs3)ccc2o1. The topological polar surface area (TPSA) is 87.4 Å². The first-order valence-corrected chi connectivity index (χ1v) is 8.68. The van der Waals surface area contributed by atoms with Crippen LogP contribution in [0.15, 0.2) is 40.1 Å². The van der Waals surface area contributed by atoms with Crippen LogP contribution in [0.2, 0.25) is 0 Å². The maximum Gasteiger partial charge on any atom is 0.319 e. The van der Waals surface area contributed by atoms with E-state index < -0.39 is 0 Å². The lowest BCUT2D eigenvalue weighted by atomic mass is 10.2. The number of fused-ring (bicyclic) bond motifs is 1. The highest BCUT2D eigenvalue weighted by atomic mass is 32.1. The van der Waals surface area contributed by atoms with Crippen LogP contribution in [0.4, 0.5) is 10.5 Å². The van der Waals surface area contributed by atoms with Crippen molar-refractivity contribution >= 4 is 34.2 Å². The van der Waals surface area contributed by atoms with Gasteiger partial charge in [0.05, 0.1) is 6.04 Å². The second-order valence-electron chi connectivity index (χ2n) is 5.32. The zero-order valence-corrected chi connectivity index (χ0v) is 14.1. The van der Waals surface area contributed by atoms with Gasteiger partial charge in [-0.25, -0.2) is 9.78 Å². The molecule has 0 aliphatic rings. The molecule has 0 saturated carbocycles. The van der Waals surface area contributed by atoms with Crippen molar-refractivity contribution in [3.8, 4) is 0 Å². The quantitative estimate of drug-likeness (QED) is 0.636. The number of aliphatic hydroxyl groups excluding tert-OH is 1. The van der Waals surface area contributed by atoms with Gasteiger partial charge in [-0.2, -0.15) is 0 Å². The lowest BCUT2D eigenvalue weighted by molar-refractivity contribution is 0.239. The summed E-state index contributed by atoms with van der Waals surface area (Å²) in [6, 6.07) is 8.69. The van der Waals surface area contributed by atoms with Gasteiger partial charge in [0.2, 0.25) is 0 Å². The number of rotatable bonds is 6. The van der Waals surface area contributed by atoms with Crippen LogP contribution in [0.3, 0.4) is 0 Å². The number of hydrogen-bond donors (Lipinski definition) is 3. The van der Waals surface area contributed by atoms with Gasteiger partial charge in [0.1, 0.15) is 5.52 Å². The monoisotopic (exact) mass is 345 g/mol. The number of carbonyl (C=O) groups is 1. The van der Waals surface area contributed by atoms with Crippen molar-refractivity contribution < 1.29 is 14.3 Å². The highest BCUT2D eigenvalue weighted by Crippen LogP contribution is 2.23. The number of thiophene rings is 1. The summed E-state index contributed by atoms with van der Waals surface area (Å²) < 4.78 is 5.56. The number of urea groups is 1. The molecule has 0 radical (unpaired) electrons. The van der Waals surface area contributed by atoms with Gasteiger partial charge in [0.25, 0.3) is 0 Å². The summed E-state index contributed by atoms with van der Waals surface area (Å²) in [6.45, 7) is 1.98. The number of benzene rings is 1. The molecular formula is C17H19N3O3S. The first-order valence-electron chi connectivity index (χ1n) is 7.81. The molecule has 0 aliphatic carbocycles. The largest absolute Gasteiger partial charge is 0.441 e. The highest BCUT2D eigenvalue weighted by molar-refractivity contribution is 7.10. The molecule has 0 aliphatic heterocycles. The maximum absolute atomic E-state index is 12.2. The first kappa shape index (κ1) is 16.5. The van der Waals surface area contributed by atoms with Crippen LogP contribution in [-0.4, -0.2) is 22.7 Å². The van der Waals surface area contributed by atoms with Crippen molar-refractivity contribution in [3.63, 3.8) is 0 Å². The van der Waals surface area contributed by atoms with E-state index >= 15 is 0 Å². The zero-order chi connectivity index (χ0) is 16.9. The molecule has 0 spiro atoms. The molecule has 0 bridgehead atoms. The molecule has 0 fully saturated rings. The van der Waals surface area contributed by atoms with Crippen molar-refractivity contribution in [1.82, 2.24) is 10.3 Å². The Hall–Kier alpha value is -2.38. The third kappa shape index (κ3) is 3.74. The van der Waals surface area contributed by atoms with E-state index in [1.807, 2.05) is 24.4 Å². The Morgan fingerprint density at radius 3 is 3.00 bits per heavy atom. The fourth-order valence-electron chi connectivity index (χ4n) is 2.43. The van der Waals surface area contributed by atoms with E-state index in [2.05, 4.69) is 15.6 Å². The summed E-state index contributed by atoms with van der Waals surface area (Å²) in [6.07, 6.45) is 1.19. The Labute approximate surface area is 143 Å². The van der Waals surface area contributed by atoms with E-state index in [-0.39, 0.29) is 18.7 Å². The number of nitrogens with zero attached hydrogens (tertiary/aromatic N) is 1. The molecular weight excluding hydrogens is 326 g/mol. The molecule has 3 aromatic rings. The van der Waals surface area contributed by atoms with E-state index in [0.717, 1.165) is 16.8 Å². The summed E-state index contributed by atoms with van der Waals surface area (Å²) in [4.78, 5) is 17.6. The van der Waals surface area contributed by atoms with Crippen molar-refractivity contribution in [2.45, 2.75) is 25.8 Å². The lowest BCUT2D eigenvalue weighted by Crippen LogP contribution is -2.32. The normalized spacial score (nSPS) is 12.2. The van der Waals surface area contributed by atoms with Crippen molar-refractivity contribution in [1.29, 1.82) is 0 Å². The summed E-state index contributed by atoms with van der Waals surface area (Å²) in [7, 11) is 0. The molecule has 1 atom stereocenters. The third-order valence-electron chi connectivity index (χ3n) is 3.60. The molecule has 3 N–H and O–H groups in total. The fraction of sp³-hybridized carbons (Fsp3) is 0.294. The van der Waals surface area contributed by atoms with Crippen LogP contribution in [0.1, 0.15) is 30.2 Å². The average molecular weight is 345 g/mol. The number of aryl methyl sites for hydroxylation is 1. The van der Waals surface area contributed by atoms with Crippen molar-refractivity contribution in [2.24, 2.45) is 0 Å². The van der Waals surface area contributed by atoms with Crippen LogP contribution in [-0.2, 0) is 6.42 Å². The molecule has 3 rings (SSSR count). The molecule has 7 heteroatoms. The number of oxazole rings is 1. The Morgan fingerprint density at radius 2 is 2.29 bits per heavy atom. The summed E-state index contributed by atoms with van der Waals surface area (Å²) in [5.41, 5.74) is 2.06. The Balaban J connectivity index is 1.69. The van der Waals surface area contributed by atoms with E-state index in [1.54, 1.807) is 29.5 Å². The van der Waals surface area contributed by atoms with Gasteiger partial charge >= 0.3 is 6.03 Å². The van der Waals surface area contributed by atoms with Gasteiger partial charge in [-0.1, -0.05) is 13.0 Å². The molecule has 2 amide bonds. The molecule has 1 aromatic carbocycles. The summed E-state index contributed by atoms with van der Waals surface area (Å²) >= 11 is 1.55. The minimum absolute atomic E-state index is 0.00748. The maximum atomic E-state index is 12.2. The molecule has 24 heavy (non-hydrogen) atoms. The molecule has 0 saturated heterocycles. The van der Waals surface area contributed by atoms with Crippen LogP contribution < -0.4 is 10.6 Å². The van der Waals surface area contributed by atoms with Crippen LogP contribution in [0.25, 0.3) is 11.1 Å². The molecule has 0 unspecified atom stereocenters. The molecule has 126 valence electrons. The van der Waals surface area contributed by atoms with Gasteiger partial charge in [-0.15, -0.1) is 11.3 Å². The Morgan fingerprint density at radius 1 is 1.42 bits per heavy atom. The number of carbonyl (C=O) groups excluding carboxylic acids is 1. The second kappa shape index (κ2) is 7.46. The predicted molar refractivity (Wildman–Crippen MR) is 94.3 cm³/mol. The second-order valence-corrected chi connectivity index (χ2v) is 6.30. The fourth-order valence-corrected chi connectivity index (χ4v) is 3.25. The molecule has 6 nitrogen and oxygen atoms in total. The van der Waals surface area contributed by atoms with Gasteiger partial charge in [-0.3, -0.25) is 0 Å². The van der Waals surface area contributed by atoms with Crippen LogP contribution >= 0.6 is 11.3 Å². The lowest BCUT2D eigenvalue weighted by Gasteiger charge is -2.17. The smallest absolute Gasteiger partial charge is 0.319 e.